The number of nitrogens with one attached hydrogen (secondary N) is 3. The summed E-state index contributed by atoms with van der Waals surface area (Å²) in [6.07, 6.45) is 1.61. The molecule has 0 aliphatic carbocycles. The third-order valence-corrected chi connectivity index (χ3v) is 4.66. The number of hydrazine groups is 1. The van der Waals surface area contributed by atoms with Crippen molar-refractivity contribution in [1.82, 2.24) is 15.8 Å². The summed E-state index contributed by atoms with van der Waals surface area (Å²) in [5, 5.41) is 13.5. The number of aromatic nitrogens is 1. The highest BCUT2D eigenvalue weighted by atomic mass is 35.5. The normalized spacial score (nSPS) is 20.4. The zero-order valence-electron chi connectivity index (χ0n) is 11.7. The number of nitro groups is 1. The number of anilines is 1. The lowest BCUT2D eigenvalue weighted by molar-refractivity contribution is -0.517. The highest BCUT2D eigenvalue weighted by molar-refractivity contribution is 7.19. The van der Waals surface area contributed by atoms with Gasteiger partial charge in [-0.25, -0.2) is 15.8 Å². The SMILES string of the molecule is O=C(Nc1ccc(-c2ccc(Cl)s2)cn1)C1NNCC1[N+](=O)[O-]. The molecular formula is C13H12ClN5O3S. The molecule has 0 radical (unpaired) electrons. The second-order valence-corrected chi connectivity index (χ2v) is 6.60. The lowest BCUT2D eigenvalue weighted by Gasteiger charge is -2.12. The van der Waals surface area contributed by atoms with E-state index in [1.165, 1.54) is 11.3 Å². The summed E-state index contributed by atoms with van der Waals surface area (Å²) < 4.78 is 0.683. The molecular weight excluding hydrogens is 342 g/mol. The Morgan fingerprint density at radius 3 is 2.87 bits per heavy atom. The number of hydrogen-bond acceptors (Lipinski definition) is 7. The van der Waals surface area contributed by atoms with Crippen molar-refractivity contribution < 1.29 is 9.72 Å². The second-order valence-electron chi connectivity index (χ2n) is 4.88. The van der Waals surface area contributed by atoms with Gasteiger partial charge in [0.2, 0.25) is 0 Å². The Kier molecular flexibility index (Phi) is 4.53. The molecule has 2 unspecified atom stereocenters. The number of carbonyl (C=O) groups is 1. The van der Waals surface area contributed by atoms with Gasteiger partial charge in [-0.15, -0.1) is 11.3 Å². The summed E-state index contributed by atoms with van der Waals surface area (Å²) in [5.74, 6) is -0.173. The largest absolute Gasteiger partial charge is 0.309 e. The van der Waals surface area contributed by atoms with Gasteiger partial charge in [0, 0.05) is 21.6 Å². The van der Waals surface area contributed by atoms with Crippen LogP contribution in [0.3, 0.4) is 0 Å². The average Bonchev–Trinajstić information content (AvgIpc) is 3.16. The van der Waals surface area contributed by atoms with Gasteiger partial charge in [0.15, 0.2) is 6.04 Å². The molecule has 8 nitrogen and oxygen atoms in total. The third kappa shape index (κ3) is 3.48. The first-order valence-corrected chi connectivity index (χ1v) is 7.88. The number of hydrogen-bond donors (Lipinski definition) is 3. The molecule has 2 aromatic rings. The molecule has 1 fully saturated rings. The zero-order valence-corrected chi connectivity index (χ0v) is 13.2. The van der Waals surface area contributed by atoms with E-state index in [1.54, 1.807) is 24.4 Å². The Morgan fingerprint density at radius 2 is 2.26 bits per heavy atom. The minimum atomic E-state index is -1.01. The van der Waals surface area contributed by atoms with Crippen LogP contribution in [0.25, 0.3) is 10.4 Å². The van der Waals surface area contributed by atoms with E-state index in [2.05, 4.69) is 21.2 Å². The molecule has 3 heterocycles. The molecule has 2 atom stereocenters. The molecule has 1 aliphatic heterocycles. The van der Waals surface area contributed by atoms with E-state index >= 15 is 0 Å². The second kappa shape index (κ2) is 6.59. The van der Waals surface area contributed by atoms with E-state index in [1.807, 2.05) is 6.07 Å². The maximum atomic E-state index is 12.1. The van der Waals surface area contributed by atoms with Crippen LogP contribution in [0.2, 0.25) is 4.34 Å². The number of pyridine rings is 1. The maximum Gasteiger partial charge on any atom is 0.252 e. The third-order valence-electron chi connectivity index (χ3n) is 3.38. The molecule has 0 spiro atoms. The number of rotatable bonds is 4. The van der Waals surface area contributed by atoms with Crippen LogP contribution in [0.4, 0.5) is 5.82 Å². The molecule has 120 valence electrons. The van der Waals surface area contributed by atoms with Gasteiger partial charge in [0.25, 0.3) is 11.9 Å². The van der Waals surface area contributed by atoms with Crippen molar-refractivity contribution in [2.75, 3.05) is 11.9 Å². The molecule has 1 amide bonds. The van der Waals surface area contributed by atoms with Crippen LogP contribution in [-0.2, 0) is 4.79 Å². The first-order chi connectivity index (χ1) is 11.0. The van der Waals surface area contributed by atoms with Gasteiger partial charge < -0.3 is 5.32 Å². The lowest BCUT2D eigenvalue weighted by Crippen LogP contribution is -2.46. The van der Waals surface area contributed by atoms with Gasteiger partial charge in [-0.3, -0.25) is 14.9 Å². The molecule has 0 bridgehead atoms. The van der Waals surface area contributed by atoms with E-state index in [4.69, 9.17) is 11.6 Å². The first kappa shape index (κ1) is 15.8. The Hall–Kier alpha value is -2.07. The first-order valence-electron chi connectivity index (χ1n) is 6.69. The minimum absolute atomic E-state index is 0.0938. The lowest BCUT2D eigenvalue weighted by atomic mass is 10.1. The van der Waals surface area contributed by atoms with Gasteiger partial charge in [0.1, 0.15) is 5.82 Å². The fraction of sp³-hybridized carbons (Fsp3) is 0.231. The number of amides is 1. The summed E-state index contributed by atoms with van der Waals surface area (Å²) in [4.78, 5) is 27.7. The van der Waals surface area contributed by atoms with E-state index < -0.39 is 22.9 Å². The van der Waals surface area contributed by atoms with Crippen molar-refractivity contribution in [3.63, 3.8) is 0 Å². The van der Waals surface area contributed by atoms with Crippen LogP contribution in [0, 0.1) is 10.1 Å². The van der Waals surface area contributed by atoms with Crippen LogP contribution in [0.15, 0.2) is 30.5 Å². The van der Waals surface area contributed by atoms with Crippen LogP contribution in [-0.4, -0.2) is 34.4 Å². The Balaban J connectivity index is 1.68. The predicted octanol–water partition coefficient (Wildman–Crippen LogP) is 1.52. The molecule has 3 rings (SSSR count). The molecule has 2 aromatic heterocycles. The van der Waals surface area contributed by atoms with E-state index in [-0.39, 0.29) is 6.54 Å². The van der Waals surface area contributed by atoms with Crippen LogP contribution < -0.4 is 16.2 Å². The molecule has 1 aliphatic rings. The van der Waals surface area contributed by atoms with Crippen molar-refractivity contribution in [2.24, 2.45) is 0 Å². The molecule has 3 N–H and O–H groups in total. The van der Waals surface area contributed by atoms with E-state index in [9.17, 15) is 14.9 Å². The fourth-order valence-electron chi connectivity index (χ4n) is 2.21. The van der Waals surface area contributed by atoms with Crippen LogP contribution in [0.5, 0.6) is 0 Å². The van der Waals surface area contributed by atoms with Gasteiger partial charge in [-0.1, -0.05) is 11.6 Å². The zero-order chi connectivity index (χ0) is 16.4. The quantitative estimate of drug-likeness (QED) is 0.568. The van der Waals surface area contributed by atoms with Crippen LogP contribution >= 0.6 is 22.9 Å². The summed E-state index contributed by atoms with van der Waals surface area (Å²) in [7, 11) is 0. The van der Waals surface area contributed by atoms with Crippen molar-refractivity contribution in [1.29, 1.82) is 0 Å². The summed E-state index contributed by atoms with van der Waals surface area (Å²) in [6.45, 7) is 0.0938. The molecule has 0 saturated carbocycles. The Morgan fingerprint density at radius 1 is 1.43 bits per heavy atom. The minimum Gasteiger partial charge on any atom is -0.309 e. The average molecular weight is 354 g/mol. The highest BCUT2D eigenvalue weighted by Crippen LogP contribution is 2.30. The fourth-order valence-corrected chi connectivity index (χ4v) is 3.24. The van der Waals surface area contributed by atoms with Gasteiger partial charge in [-0.2, -0.15) is 0 Å². The highest BCUT2D eigenvalue weighted by Gasteiger charge is 2.41. The number of halogens is 1. The number of thiophene rings is 1. The monoisotopic (exact) mass is 353 g/mol. The molecule has 0 aromatic carbocycles. The molecule has 10 heteroatoms. The van der Waals surface area contributed by atoms with E-state index in [0.29, 0.717) is 10.2 Å². The van der Waals surface area contributed by atoms with Crippen molar-refractivity contribution in [3.05, 3.63) is 44.9 Å². The maximum absolute atomic E-state index is 12.1. The van der Waals surface area contributed by atoms with Crippen LogP contribution in [0.1, 0.15) is 0 Å². The molecule has 1 saturated heterocycles. The number of nitrogens with zero attached hydrogens (tertiary/aromatic N) is 2. The number of carbonyl (C=O) groups excluding carboxylic acids is 1. The van der Waals surface area contributed by atoms with Gasteiger partial charge >= 0.3 is 0 Å². The molecule has 23 heavy (non-hydrogen) atoms. The summed E-state index contributed by atoms with van der Waals surface area (Å²) >= 11 is 7.32. The van der Waals surface area contributed by atoms with Crippen molar-refractivity contribution in [3.8, 4) is 10.4 Å². The Bertz CT molecular complexity index is 735. The predicted molar refractivity (Wildman–Crippen MR) is 86.9 cm³/mol. The standard InChI is InChI=1S/C13H12ClN5O3S/c14-10-3-2-9(23-10)7-1-4-11(15-5-7)17-13(20)12-8(19(21)22)6-16-18-12/h1-5,8,12,16,18H,6H2,(H,15,17,20). The van der Waals surface area contributed by atoms with Crippen molar-refractivity contribution in [2.45, 2.75) is 12.1 Å². The summed E-state index contributed by atoms with van der Waals surface area (Å²) in [6, 6.07) is 5.18. The smallest absolute Gasteiger partial charge is 0.252 e. The Labute approximate surface area is 140 Å². The van der Waals surface area contributed by atoms with Gasteiger partial charge in [0.05, 0.1) is 10.9 Å². The van der Waals surface area contributed by atoms with E-state index in [0.717, 1.165) is 10.4 Å². The summed E-state index contributed by atoms with van der Waals surface area (Å²) in [5.41, 5.74) is 6.10. The van der Waals surface area contributed by atoms with Crippen molar-refractivity contribution >= 4 is 34.7 Å². The topological polar surface area (TPSA) is 109 Å². The van der Waals surface area contributed by atoms with Gasteiger partial charge in [-0.05, 0) is 24.3 Å².